The molecule has 2 heterocycles. The van der Waals surface area contributed by atoms with E-state index in [0.717, 1.165) is 34.4 Å². The lowest BCUT2D eigenvalue weighted by molar-refractivity contribution is 0.627. The third-order valence-corrected chi connectivity index (χ3v) is 6.28. The summed E-state index contributed by atoms with van der Waals surface area (Å²) in [7, 11) is -1.25. The van der Waals surface area contributed by atoms with E-state index < -0.39 is 11.0 Å². The van der Waals surface area contributed by atoms with Crippen LogP contribution in [0.25, 0.3) is 22.3 Å². The van der Waals surface area contributed by atoms with Crippen LogP contribution >= 0.6 is 0 Å². The van der Waals surface area contributed by atoms with E-state index in [9.17, 15) is 9.47 Å². The molecule has 1 saturated carbocycles. The Morgan fingerprint density at radius 2 is 2.11 bits per heavy atom. The molecule has 1 atom stereocenters. The van der Waals surface area contributed by atoms with Crippen molar-refractivity contribution in [3.63, 3.8) is 0 Å². The highest BCUT2D eigenvalue weighted by molar-refractivity contribution is 7.83. The number of nitrogens with one attached hydrogen (secondary N) is 1. The zero-order valence-corrected chi connectivity index (χ0v) is 17.2. The summed E-state index contributed by atoms with van der Waals surface area (Å²) in [4.78, 5) is 5.24. The van der Waals surface area contributed by atoms with Crippen molar-refractivity contribution in [1.29, 1.82) is 5.26 Å². The van der Waals surface area contributed by atoms with Crippen LogP contribution in [0.4, 0.5) is 0 Å². The van der Waals surface area contributed by atoms with Gasteiger partial charge in [-0.3, -0.25) is 4.98 Å². The van der Waals surface area contributed by atoms with Crippen LogP contribution in [-0.2, 0) is 11.0 Å². The maximum Gasteiger partial charge on any atom is 0.126 e. The molecule has 1 fully saturated rings. The van der Waals surface area contributed by atoms with E-state index in [1.807, 2.05) is 19.1 Å². The first-order chi connectivity index (χ1) is 13.5. The van der Waals surface area contributed by atoms with Gasteiger partial charge in [0.05, 0.1) is 27.4 Å². The summed E-state index contributed by atoms with van der Waals surface area (Å²) in [6.45, 7) is 7.03. The van der Waals surface area contributed by atoms with Crippen LogP contribution in [0.3, 0.4) is 0 Å². The van der Waals surface area contributed by atoms with Crippen LogP contribution < -0.4 is 4.72 Å². The molecule has 1 aromatic carbocycles. The van der Waals surface area contributed by atoms with E-state index in [2.05, 4.69) is 52.4 Å². The number of fused-ring (bicyclic) bond motifs is 1. The fraction of sp³-hybridized carbons (Fsp3) is 0.364. The lowest BCUT2D eigenvalue weighted by atomic mass is 10.1. The number of hydrogen-bond acceptors (Lipinski definition) is 3. The highest BCUT2D eigenvalue weighted by Crippen LogP contribution is 2.35. The summed E-state index contributed by atoms with van der Waals surface area (Å²) in [6, 6.07) is 12.5. The minimum atomic E-state index is -1.25. The summed E-state index contributed by atoms with van der Waals surface area (Å²) in [5, 5.41) is 10.8. The molecule has 0 amide bonds. The van der Waals surface area contributed by atoms with Crippen LogP contribution in [0, 0.1) is 24.2 Å². The summed E-state index contributed by atoms with van der Waals surface area (Å²) in [6.07, 6.45) is 4.09. The van der Waals surface area contributed by atoms with Gasteiger partial charge in [0.2, 0.25) is 0 Å². The number of rotatable bonds is 6. The quantitative estimate of drug-likeness (QED) is 0.672. The summed E-state index contributed by atoms with van der Waals surface area (Å²) >= 11 is 0. The van der Waals surface area contributed by atoms with Crippen LogP contribution in [-0.4, -0.2) is 20.3 Å². The first-order valence-electron chi connectivity index (χ1n) is 9.66. The van der Waals surface area contributed by atoms with Gasteiger partial charge in [-0.15, -0.1) is 0 Å². The first kappa shape index (κ1) is 18.9. The fourth-order valence-electron chi connectivity index (χ4n) is 3.56. The Bertz CT molecular complexity index is 1090. The first-order valence-corrected chi connectivity index (χ1v) is 10.8. The molecule has 0 radical (unpaired) electrons. The molecule has 0 bridgehead atoms. The Kier molecular flexibility index (Phi) is 5.05. The third-order valence-electron chi connectivity index (χ3n) is 5.18. The van der Waals surface area contributed by atoms with Gasteiger partial charge in [0.25, 0.3) is 0 Å². The molecule has 1 N–H and O–H groups in total. The molecule has 6 heteroatoms. The molecule has 0 spiro atoms. The monoisotopic (exact) mass is 392 g/mol. The molecule has 4 rings (SSSR count). The topological polar surface area (TPSA) is 70.7 Å². The normalized spacial score (nSPS) is 15.1. The zero-order valence-electron chi connectivity index (χ0n) is 16.4. The SMILES string of the molecule is Cc1ccc2c(c1)c(C#N)c(-c1ccc(S(=O)NCC3CC3)cn1)n2C(C)C. The predicted molar refractivity (Wildman–Crippen MR) is 112 cm³/mol. The van der Waals surface area contributed by atoms with Crippen molar-refractivity contribution in [3.8, 4) is 17.5 Å². The van der Waals surface area contributed by atoms with Crippen molar-refractivity contribution in [2.24, 2.45) is 5.92 Å². The Morgan fingerprint density at radius 1 is 1.32 bits per heavy atom. The molecular weight excluding hydrogens is 368 g/mol. The van der Waals surface area contributed by atoms with Gasteiger partial charge in [0.15, 0.2) is 0 Å². The van der Waals surface area contributed by atoms with E-state index in [1.54, 1.807) is 6.20 Å². The molecule has 2 aromatic heterocycles. The van der Waals surface area contributed by atoms with Gasteiger partial charge in [-0.05, 0) is 63.8 Å². The van der Waals surface area contributed by atoms with Crippen molar-refractivity contribution in [3.05, 3.63) is 47.7 Å². The van der Waals surface area contributed by atoms with Gasteiger partial charge in [-0.2, -0.15) is 5.26 Å². The van der Waals surface area contributed by atoms with Gasteiger partial charge in [-0.25, -0.2) is 8.93 Å². The largest absolute Gasteiger partial charge is 0.336 e. The number of nitrogens with zero attached hydrogens (tertiary/aromatic N) is 3. The third kappa shape index (κ3) is 3.48. The second kappa shape index (κ2) is 7.50. The van der Waals surface area contributed by atoms with Crippen LogP contribution in [0.15, 0.2) is 41.4 Å². The molecular formula is C22H24N4OS. The second-order valence-corrected chi connectivity index (χ2v) is 9.06. The molecule has 0 saturated heterocycles. The standard InChI is InChI=1S/C22H24N4OS/c1-14(2)26-21-9-4-15(3)10-18(21)19(11-23)22(26)20-8-7-17(13-24-20)28(27)25-12-16-5-6-16/h4,7-10,13-14,16,25H,5-6,12H2,1-3H3. The van der Waals surface area contributed by atoms with Gasteiger partial charge in [-0.1, -0.05) is 11.6 Å². The Hall–Kier alpha value is -2.49. The maximum absolute atomic E-state index is 12.4. The molecule has 3 aromatic rings. The fourth-order valence-corrected chi connectivity index (χ4v) is 4.45. The van der Waals surface area contributed by atoms with Crippen molar-refractivity contribution in [2.45, 2.75) is 44.6 Å². The number of aryl methyl sites for hydroxylation is 1. The summed E-state index contributed by atoms with van der Waals surface area (Å²) in [5.74, 6) is 0.666. The highest BCUT2D eigenvalue weighted by atomic mass is 32.2. The van der Waals surface area contributed by atoms with Gasteiger partial charge >= 0.3 is 0 Å². The van der Waals surface area contributed by atoms with Crippen molar-refractivity contribution >= 4 is 21.9 Å². The lowest BCUT2D eigenvalue weighted by Crippen LogP contribution is -2.20. The lowest BCUT2D eigenvalue weighted by Gasteiger charge is -2.15. The highest BCUT2D eigenvalue weighted by Gasteiger charge is 2.23. The molecule has 1 unspecified atom stereocenters. The van der Waals surface area contributed by atoms with Crippen molar-refractivity contribution in [2.75, 3.05) is 6.54 Å². The average molecular weight is 393 g/mol. The molecule has 28 heavy (non-hydrogen) atoms. The number of aromatic nitrogens is 2. The predicted octanol–water partition coefficient (Wildman–Crippen LogP) is 4.49. The van der Waals surface area contributed by atoms with E-state index in [-0.39, 0.29) is 6.04 Å². The molecule has 0 aliphatic heterocycles. The Balaban J connectivity index is 1.76. The minimum absolute atomic E-state index is 0.179. The number of benzene rings is 1. The van der Waals surface area contributed by atoms with Gasteiger partial charge < -0.3 is 4.57 Å². The van der Waals surface area contributed by atoms with Crippen molar-refractivity contribution in [1.82, 2.24) is 14.3 Å². The number of hydrogen-bond donors (Lipinski definition) is 1. The van der Waals surface area contributed by atoms with Gasteiger partial charge in [0.1, 0.15) is 17.1 Å². The maximum atomic E-state index is 12.4. The van der Waals surface area contributed by atoms with Crippen LogP contribution in [0.5, 0.6) is 0 Å². The minimum Gasteiger partial charge on any atom is -0.336 e. The van der Waals surface area contributed by atoms with E-state index in [0.29, 0.717) is 16.4 Å². The molecule has 144 valence electrons. The van der Waals surface area contributed by atoms with E-state index in [4.69, 9.17) is 0 Å². The smallest absolute Gasteiger partial charge is 0.126 e. The average Bonchev–Trinajstić information content (AvgIpc) is 3.46. The van der Waals surface area contributed by atoms with E-state index >= 15 is 0 Å². The molecule has 1 aliphatic carbocycles. The zero-order chi connectivity index (χ0) is 19.8. The number of pyridine rings is 1. The van der Waals surface area contributed by atoms with E-state index in [1.165, 1.54) is 12.8 Å². The molecule has 1 aliphatic rings. The number of nitriles is 1. The Morgan fingerprint density at radius 3 is 2.71 bits per heavy atom. The second-order valence-electron chi connectivity index (χ2n) is 7.76. The summed E-state index contributed by atoms with van der Waals surface area (Å²) in [5.41, 5.74) is 4.34. The Labute approximate surface area is 168 Å². The van der Waals surface area contributed by atoms with Crippen LogP contribution in [0.1, 0.15) is 43.9 Å². The molecule has 5 nitrogen and oxygen atoms in total. The van der Waals surface area contributed by atoms with Gasteiger partial charge in [0, 0.05) is 24.2 Å². The van der Waals surface area contributed by atoms with Crippen molar-refractivity contribution < 1.29 is 4.21 Å². The van der Waals surface area contributed by atoms with Crippen LogP contribution in [0.2, 0.25) is 0 Å². The summed E-state index contributed by atoms with van der Waals surface area (Å²) < 4.78 is 17.6.